The molecule has 2 aliphatic rings. The number of halogens is 1. The van der Waals surface area contributed by atoms with E-state index in [-0.39, 0.29) is 12.1 Å². The van der Waals surface area contributed by atoms with Crippen molar-refractivity contribution in [1.29, 1.82) is 0 Å². The number of aliphatic hydroxyl groups is 1. The van der Waals surface area contributed by atoms with Gasteiger partial charge in [0.1, 0.15) is 12.3 Å². The van der Waals surface area contributed by atoms with E-state index in [1.165, 1.54) is 0 Å². The van der Waals surface area contributed by atoms with E-state index >= 15 is 0 Å². The van der Waals surface area contributed by atoms with Crippen LogP contribution in [0.4, 0.5) is 4.39 Å². The summed E-state index contributed by atoms with van der Waals surface area (Å²) in [6, 6.07) is 0. The van der Waals surface area contributed by atoms with Crippen molar-refractivity contribution in [3.8, 4) is 0 Å². The Hall–Kier alpha value is -0.640. The highest BCUT2D eigenvalue weighted by Crippen LogP contribution is 2.46. The van der Waals surface area contributed by atoms with E-state index in [9.17, 15) is 14.3 Å². The van der Waals surface area contributed by atoms with Crippen LogP contribution in [0, 0.1) is 17.8 Å². The lowest BCUT2D eigenvalue weighted by molar-refractivity contribution is -0.141. The average molecular weight is 286 g/mol. The van der Waals surface area contributed by atoms with E-state index in [0.29, 0.717) is 37.0 Å². The molecule has 4 heteroatoms. The monoisotopic (exact) mass is 286 g/mol. The Bertz CT molecular complexity index is 334. The van der Waals surface area contributed by atoms with Gasteiger partial charge in [0, 0.05) is 5.92 Å². The molecule has 0 aromatic rings. The number of hydrogen-bond acceptors (Lipinski definition) is 3. The molecular weight excluding hydrogens is 259 g/mol. The topological polar surface area (TPSA) is 46.5 Å². The summed E-state index contributed by atoms with van der Waals surface area (Å²) in [5.74, 6) is 1.08. The van der Waals surface area contributed by atoms with Crippen LogP contribution in [0.3, 0.4) is 0 Å². The van der Waals surface area contributed by atoms with Gasteiger partial charge in [-0.2, -0.15) is 0 Å². The van der Waals surface area contributed by atoms with Crippen molar-refractivity contribution >= 4 is 5.97 Å². The number of alkyl halides is 1. The summed E-state index contributed by atoms with van der Waals surface area (Å²) in [6.45, 7) is 4.20. The van der Waals surface area contributed by atoms with Crippen molar-refractivity contribution < 1.29 is 19.0 Å². The SMILES string of the molecule is CCCC[C@@H](F)[C@@H](O)CC[C@H]1[C@H]2CC(=O)O[C@H]2C[C@H]1C. The minimum absolute atomic E-state index is 0.0703. The zero-order valence-corrected chi connectivity index (χ0v) is 12.6. The van der Waals surface area contributed by atoms with Gasteiger partial charge in [0.15, 0.2) is 0 Å². The predicted octanol–water partition coefficient (Wildman–Crippen LogP) is 3.24. The van der Waals surface area contributed by atoms with Gasteiger partial charge in [0.2, 0.25) is 0 Å². The van der Waals surface area contributed by atoms with Gasteiger partial charge >= 0.3 is 5.97 Å². The summed E-state index contributed by atoms with van der Waals surface area (Å²) < 4.78 is 19.1. The van der Waals surface area contributed by atoms with Crippen LogP contribution >= 0.6 is 0 Å². The fourth-order valence-electron chi connectivity index (χ4n) is 3.88. The second kappa shape index (κ2) is 6.88. The molecule has 0 bridgehead atoms. The average Bonchev–Trinajstić information content (AvgIpc) is 2.88. The first-order valence-corrected chi connectivity index (χ1v) is 8.04. The summed E-state index contributed by atoms with van der Waals surface area (Å²) in [7, 11) is 0. The molecule has 1 N–H and O–H groups in total. The van der Waals surface area contributed by atoms with Crippen molar-refractivity contribution in [1.82, 2.24) is 0 Å². The largest absolute Gasteiger partial charge is 0.462 e. The first-order valence-electron chi connectivity index (χ1n) is 8.04. The summed E-state index contributed by atoms with van der Waals surface area (Å²) in [6.07, 6.45) is 3.06. The molecule has 0 aromatic heterocycles. The van der Waals surface area contributed by atoms with Gasteiger partial charge in [0.25, 0.3) is 0 Å². The summed E-state index contributed by atoms with van der Waals surface area (Å²) in [5.41, 5.74) is 0. The van der Waals surface area contributed by atoms with Gasteiger partial charge in [-0.25, -0.2) is 4.39 Å². The number of carbonyl (C=O) groups excluding carboxylic acids is 1. The number of ether oxygens (including phenoxy) is 1. The first kappa shape index (κ1) is 15.7. The number of esters is 1. The molecule has 1 heterocycles. The van der Waals surface area contributed by atoms with Crippen LogP contribution < -0.4 is 0 Å². The van der Waals surface area contributed by atoms with Crippen LogP contribution in [0.2, 0.25) is 0 Å². The minimum Gasteiger partial charge on any atom is -0.462 e. The van der Waals surface area contributed by atoms with E-state index in [4.69, 9.17) is 4.74 Å². The summed E-state index contributed by atoms with van der Waals surface area (Å²) in [5, 5.41) is 9.91. The van der Waals surface area contributed by atoms with Crippen LogP contribution in [0.5, 0.6) is 0 Å². The Morgan fingerprint density at radius 1 is 1.45 bits per heavy atom. The lowest BCUT2D eigenvalue weighted by Crippen LogP contribution is -2.24. The summed E-state index contributed by atoms with van der Waals surface area (Å²) in [4.78, 5) is 11.3. The second-order valence-corrected chi connectivity index (χ2v) is 6.58. The van der Waals surface area contributed by atoms with Crippen LogP contribution in [0.25, 0.3) is 0 Å². The van der Waals surface area contributed by atoms with Gasteiger partial charge in [-0.3, -0.25) is 4.79 Å². The standard InChI is InChI=1S/C16H27FO3/c1-3-4-5-13(17)14(18)7-6-11-10(2)8-15-12(11)9-16(19)20-15/h10-15,18H,3-9H2,1-2H3/t10-,11-,12-,13-,14+,15+/m1/s1. The second-order valence-electron chi connectivity index (χ2n) is 6.58. The molecule has 0 radical (unpaired) electrons. The zero-order chi connectivity index (χ0) is 14.7. The number of aliphatic hydroxyl groups excluding tert-OH is 1. The maximum absolute atomic E-state index is 13.8. The smallest absolute Gasteiger partial charge is 0.306 e. The van der Waals surface area contributed by atoms with Gasteiger partial charge in [-0.1, -0.05) is 26.7 Å². The van der Waals surface area contributed by atoms with Gasteiger partial charge in [-0.15, -0.1) is 0 Å². The molecule has 2 rings (SSSR count). The first-order chi connectivity index (χ1) is 9.52. The van der Waals surface area contributed by atoms with Crippen LogP contribution in [-0.4, -0.2) is 29.5 Å². The molecule has 0 unspecified atom stereocenters. The van der Waals surface area contributed by atoms with Gasteiger partial charge < -0.3 is 9.84 Å². The molecule has 3 nitrogen and oxygen atoms in total. The Balaban J connectivity index is 1.79. The fraction of sp³-hybridized carbons (Fsp3) is 0.938. The van der Waals surface area contributed by atoms with E-state index in [1.807, 2.05) is 6.92 Å². The lowest BCUT2D eigenvalue weighted by Gasteiger charge is -2.23. The van der Waals surface area contributed by atoms with E-state index in [0.717, 1.165) is 25.7 Å². The highest BCUT2D eigenvalue weighted by molar-refractivity contribution is 5.72. The molecule has 1 aliphatic heterocycles. The molecule has 6 atom stereocenters. The molecule has 2 fully saturated rings. The van der Waals surface area contributed by atoms with E-state index in [2.05, 4.69) is 6.92 Å². The van der Waals surface area contributed by atoms with Gasteiger partial charge in [-0.05, 0) is 37.5 Å². The molecule has 116 valence electrons. The highest BCUT2D eigenvalue weighted by atomic mass is 19.1. The minimum atomic E-state index is -1.11. The Kier molecular flexibility index (Phi) is 5.42. The van der Waals surface area contributed by atoms with E-state index in [1.54, 1.807) is 0 Å². The fourth-order valence-corrected chi connectivity index (χ4v) is 3.88. The Morgan fingerprint density at radius 3 is 2.90 bits per heavy atom. The molecule has 1 saturated carbocycles. The third-order valence-electron chi connectivity index (χ3n) is 5.09. The normalized spacial score (nSPS) is 35.7. The third-order valence-corrected chi connectivity index (χ3v) is 5.09. The molecule has 0 amide bonds. The molecule has 1 saturated heterocycles. The van der Waals surface area contributed by atoms with Crippen LogP contribution in [-0.2, 0) is 9.53 Å². The Morgan fingerprint density at radius 2 is 2.20 bits per heavy atom. The zero-order valence-electron chi connectivity index (χ0n) is 12.6. The van der Waals surface area contributed by atoms with Crippen molar-refractivity contribution in [2.24, 2.45) is 17.8 Å². The third kappa shape index (κ3) is 3.51. The maximum atomic E-state index is 13.8. The highest BCUT2D eigenvalue weighted by Gasteiger charge is 2.48. The molecule has 0 spiro atoms. The summed E-state index contributed by atoms with van der Waals surface area (Å²) >= 11 is 0. The molecule has 1 aliphatic carbocycles. The number of carbonyl (C=O) groups is 1. The van der Waals surface area contributed by atoms with E-state index < -0.39 is 12.3 Å². The molecule has 0 aromatic carbocycles. The van der Waals surface area contributed by atoms with Crippen molar-refractivity contribution in [2.75, 3.05) is 0 Å². The Labute approximate surface area is 120 Å². The predicted molar refractivity (Wildman–Crippen MR) is 74.9 cm³/mol. The van der Waals surface area contributed by atoms with Crippen LogP contribution in [0.15, 0.2) is 0 Å². The van der Waals surface area contributed by atoms with Gasteiger partial charge in [0.05, 0.1) is 12.5 Å². The number of hydrogen-bond donors (Lipinski definition) is 1. The van der Waals surface area contributed by atoms with Crippen molar-refractivity contribution in [3.05, 3.63) is 0 Å². The maximum Gasteiger partial charge on any atom is 0.306 e. The van der Waals surface area contributed by atoms with Crippen LogP contribution in [0.1, 0.15) is 58.8 Å². The molecular formula is C16H27FO3. The number of rotatable bonds is 7. The van der Waals surface area contributed by atoms with Crippen molar-refractivity contribution in [3.63, 3.8) is 0 Å². The number of fused-ring (bicyclic) bond motifs is 1. The quantitative estimate of drug-likeness (QED) is 0.731. The van der Waals surface area contributed by atoms with Crippen molar-refractivity contribution in [2.45, 2.75) is 77.2 Å². The number of unbranched alkanes of at least 4 members (excludes halogenated alkanes) is 1. The molecule has 20 heavy (non-hydrogen) atoms. The lowest BCUT2D eigenvalue weighted by atomic mass is 9.83.